The summed E-state index contributed by atoms with van der Waals surface area (Å²) in [4.78, 5) is 16.3. The van der Waals surface area contributed by atoms with Gasteiger partial charge >= 0.3 is 5.97 Å². The third-order valence-corrected chi connectivity index (χ3v) is 5.81. The van der Waals surface area contributed by atoms with Crippen LogP contribution in [-0.4, -0.2) is 36.4 Å². The van der Waals surface area contributed by atoms with E-state index in [1.54, 1.807) is 12.1 Å². The van der Waals surface area contributed by atoms with Gasteiger partial charge in [-0.05, 0) is 59.7 Å². The van der Waals surface area contributed by atoms with Crippen LogP contribution in [0.25, 0.3) is 23.1 Å². The number of aromatic carboxylic acids is 1. The summed E-state index contributed by atoms with van der Waals surface area (Å²) >= 11 is 6.10. The minimum atomic E-state index is -1.12. The van der Waals surface area contributed by atoms with E-state index in [-0.39, 0.29) is 24.5 Å². The van der Waals surface area contributed by atoms with E-state index < -0.39 is 12.1 Å². The highest BCUT2D eigenvalue weighted by Gasteiger charge is 2.17. The van der Waals surface area contributed by atoms with Gasteiger partial charge in [-0.15, -0.1) is 6.42 Å². The summed E-state index contributed by atoms with van der Waals surface area (Å²) in [5, 5.41) is 11.2. The lowest BCUT2D eigenvalue weighted by Gasteiger charge is -2.19. The number of hydrogen-bond donors (Lipinski definition) is 1. The van der Waals surface area contributed by atoms with E-state index in [0.717, 1.165) is 27.7 Å². The summed E-state index contributed by atoms with van der Waals surface area (Å²) in [6, 6.07) is 21.9. The molecular formula is C30H24ClNO5. The maximum absolute atomic E-state index is 11.7. The van der Waals surface area contributed by atoms with E-state index in [0.29, 0.717) is 10.8 Å². The van der Waals surface area contributed by atoms with Crippen molar-refractivity contribution in [3.05, 3.63) is 100 Å². The van der Waals surface area contributed by atoms with Crippen LogP contribution < -0.4 is 9.47 Å². The molecule has 1 atom stereocenters. The lowest BCUT2D eigenvalue weighted by atomic mass is 10.1. The number of carboxylic acids is 1. The first kappa shape index (κ1) is 25.8. The summed E-state index contributed by atoms with van der Waals surface area (Å²) in [6.07, 6.45) is 8.77. The largest absolute Gasteiger partial charge is 0.497 e. The minimum Gasteiger partial charge on any atom is -0.497 e. The second-order valence-corrected chi connectivity index (χ2v) is 8.50. The van der Waals surface area contributed by atoms with Crippen LogP contribution in [0.2, 0.25) is 5.02 Å². The van der Waals surface area contributed by atoms with Crippen molar-refractivity contribution in [2.24, 2.45) is 0 Å². The van der Waals surface area contributed by atoms with Crippen molar-refractivity contribution < 1.29 is 24.1 Å². The molecule has 7 heteroatoms. The van der Waals surface area contributed by atoms with E-state index >= 15 is 0 Å². The number of halogens is 1. The third kappa shape index (κ3) is 6.68. The van der Waals surface area contributed by atoms with Gasteiger partial charge < -0.3 is 19.3 Å². The van der Waals surface area contributed by atoms with Crippen LogP contribution in [-0.2, 0) is 4.74 Å². The average molecular weight is 514 g/mol. The van der Waals surface area contributed by atoms with E-state index in [9.17, 15) is 9.90 Å². The molecule has 1 heterocycles. The summed E-state index contributed by atoms with van der Waals surface area (Å²) < 4.78 is 16.8. The molecule has 0 amide bonds. The van der Waals surface area contributed by atoms with Gasteiger partial charge in [0.1, 0.15) is 36.4 Å². The predicted octanol–water partition coefficient (Wildman–Crippen LogP) is 6.54. The molecule has 0 aliphatic heterocycles. The van der Waals surface area contributed by atoms with Gasteiger partial charge in [-0.25, -0.2) is 9.78 Å². The summed E-state index contributed by atoms with van der Waals surface area (Å²) in [7, 11) is 1.47. The maximum Gasteiger partial charge on any atom is 0.339 e. The number of pyridine rings is 1. The second kappa shape index (κ2) is 12.1. The number of aromatic nitrogens is 1. The fourth-order valence-electron chi connectivity index (χ4n) is 3.73. The Morgan fingerprint density at radius 1 is 1.11 bits per heavy atom. The number of ether oxygens (including phenoxy) is 3. The first-order chi connectivity index (χ1) is 18.0. The van der Waals surface area contributed by atoms with E-state index in [1.165, 1.54) is 13.2 Å². The highest BCUT2D eigenvalue weighted by atomic mass is 35.5. The highest BCUT2D eigenvalue weighted by molar-refractivity contribution is 6.31. The molecule has 0 unspecified atom stereocenters. The van der Waals surface area contributed by atoms with Gasteiger partial charge in [0.05, 0.1) is 18.3 Å². The fraction of sp³-hybridized carbons (Fsp3) is 0.133. The van der Waals surface area contributed by atoms with Crippen molar-refractivity contribution in [2.75, 3.05) is 20.3 Å². The molecule has 0 bridgehead atoms. The molecule has 3 aromatic carbocycles. The number of methoxy groups -OCH3 is 1. The summed E-state index contributed by atoms with van der Waals surface area (Å²) in [5.41, 5.74) is 3.37. The molecule has 4 rings (SSSR count). The van der Waals surface area contributed by atoms with Crippen LogP contribution in [0.5, 0.6) is 11.5 Å². The molecule has 0 spiro atoms. The topological polar surface area (TPSA) is 77.9 Å². The first-order valence-electron chi connectivity index (χ1n) is 11.4. The monoisotopic (exact) mass is 513 g/mol. The number of rotatable bonds is 10. The molecule has 6 nitrogen and oxygen atoms in total. The molecule has 0 aliphatic carbocycles. The predicted molar refractivity (Wildman–Crippen MR) is 145 cm³/mol. The van der Waals surface area contributed by atoms with Crippen LogP contribution in [0.15, 0.2) is 72.8 Å². The van der Waals surface area contributed by atoms with Crippen molar-refractivity contribution in [3.8, 4) is 23.8 Å². The lowest BCUT2D eigenvalue weighted by Crippen LogP contribution is -2.16. The fourth-order valence-corrected chi connectivity index (χ4v) is 3.89. The average Bonchev–Trinajstić information content (AvgIpc) is 2.91. The van der Waals surface area contributed by atoms with Crippen molar-refractivity contribution in [2.45, 2.75) is 6.10 Å². The van der Waals surface area contributed by atoms with Crippen LogP contribution in [0, 0.1) is 12.3 Å². The van der Waals surface area contributed by atoms with Crippen LogP contribution in [0.1, 0.15) is 33.3 Å². The van der Waals surface area contributed by atoms with Gasteiger partial charge in [0.2, 0.25) is 0 Å². The van der Waals surface area contributed by atoms with E-state index in [2.05, 4.69) is 10.9 Å². The Kier molecular flexibility index (Phi) is 8.42. The maximum atomic E-state index is 11.7. The third-order valence-electron chi connectivity index (χ3n) is 5.58. The van der Waals surface area contributed by atoms with Crippen molar-refractivity contribution in [3.63, 3.8) is 0 Å². The van der Waals surface area contributed by atoms with Crippen molar-refractivity contribution in [1.29, 1.82) is 0 Å². The Morgan fingerprint density at radius 2 is 1.95 bits per heavy atom. The van der Waals surface area contributed by atoms with Gasteiger partial charge in [0.15, 0.2) is 0 Å². The molecule has 0 fully saturated rings. The Morgan fingerprint density at radius 3 is 2.73 bits per heavy atom. The Balaban J connectivity index is 1.54. The van der Waals surface area contributed by atoms with E-state index in [4.69, 9.17) is 32.2 Å². The number of fused-ring (bicyclic) bond motifs is 1. The molecule has 0 saturated heterocycles. The standard InChI is InChI=1S/C30H24ClNO5/c1-3-15-36-29(19-37-28-14-13-25(35-2)18-26(28)30(33)34)22-6-4-5-20(16-22)7-11-24-12-9-21-8-10-23(31)17-27(21)32-24/h1,4-14,16-18,29H,15,19H2,2H3,(H,33,34)/b11-7-/t29-/m0/s1. The van der Waals surface area contributed by atoms with Crippen molar-refractivity contribution in [1.82, 2.24) is 4.98 Å². The van der Waals surface area contributed by atoms with Crippen LogP contribution in [0.4, 0.5) is 0 Å². The van der Waals surface area contributed by atoms with Gasteiger partial charge in [-0.2, -0.15) is 0 Å². The molecule has 37 heavy (non-hydrogen) atoms. The molecule has 0 radical (unpaired) electrons. The number of benzene rings is 3. The minimum absolute atomic E-state index is 0.00379. The number of carboxylic acid groups (broad SMARTS) is 1. The normalized spacial score (nSPS) is 11.8. The van der Waals surface area contributed by atoms with Crippen molar-refractivity contribution >= 4 is 40.6 Å². The number of carbonyl (C=O) groups is 1. The molecule has 1 aromatic heterocycles. The van der Waals surface area contributed by atoms with Gasteiger partial charge in [0.25, 0.3) is 0 Å². The molecular weight excluding hydrogens is 490 g/mol. The zero-order chi connectivity index (χ0) is 26.2. The van der Waals surface area contributed by atoms with Gasteiger partial charge in [0, 0.05) is 10.4 Å². The Labute approximate surface area is 220 Å². The number of terminal acetylenes is 1. The lowest BCUT2D eigenvalue weighted by molar-refractivity contribution is 0.0375. The number of nitrogens with zero attached hydrogens (tertiary/aromatic N) is 1. The van der Waals surface area contributed by atoms with Crippen LogP contribution >= 0.6 is 11.6 Å². The Hall–Kier alpha value is -4.31. The second-order valence-electron chi connectivity index (χ2n) is 8.06. The summed E-state index contributed by atoms with van der Waals surface area (Å²) in [6.45, 7) is 0.139. The molecule has 0 saturated carbocycles. The zero-order valence-electron chi connectivity index (χ0n) is 20.1. The molecule has 4 aromatic rings. The molecule has 0 aliphatic rings. The van der Waals surface area contributed by atoms with Crippen LogP contribution in [0.3, 0.4) is 0 Å². The SMILES string of the molecule is C#CCO[C@@H](COc1ccc(OC)cc1C(=O)O)c1cccc(/C=C\c2ccc3ccc(Cl)cc3n2)c1. The first-order valence-corrected chi connectivity index (χ1v) is 11.8. The summed E-state index contributed by atoms with van der Waals surface area (Å²) in [5.74, 6) is 1.99. The molecule has 186 valence electrons. The zero-order valence-corrected chi connectivity index (χ0v) is 20.8. The Bertz CT molecular complexity index is 1490. The smallest absolute Gasteiger partial charge is 0.339 e. The van der Waals surface area contributed by atoms with E-state index in [1.807, 2.05) is 66.7 Å². The van der Waals surface area contributed by atoms with Gasteiger partial charge in [-0.3, -0.25) is 0 Å². The number of hydrogen-bond acceptors (Lipinski definition) is 5. The molecule has 1 N–H and O–H groups in total. The van der Waals surface area contributed by atoms with Gasteiger partial charge in [-0.1, -0.05) is 53.9 Å². The quantitative estimate of drug-likeness (QED) is 0.243. The highest BCUT2D eigenvalue weighted by Crippen LogP contribution is 2.27.